The second kappa shape index (κ2) is 6.03. The lowest BCUT2D eigenvalue weighted by molar-refractivity contribution is -0.135. The molecule has 1 saturated heterocycles. The van der Waals surface area contributed by atoms with Crippen molar-refractivity contribution in [3.05, 3.63) is 12.2 Å². The maximum Gasteiger partial charge on any atom is 0.166 e. The molecular weight excluding hydrogens is 190 g/mol. The van der Waals surface area contributed by atoms with Crippen LogP contribution in [0.3, 0.4) is 0 Å². The molecule has 0 aromatic heterocycles. The van der Waals surface area contributed by atoms with Crippen LogP contribution in [0.4, 0.5) is 0 Å². The van der Waals surface area contributed by atoms with Crippen molar-refractivity contribution in [2.45, 2.75) is 32.8 Å². The van der Waals surface area contributed by atoms with Crippen molar-refractivity contribution in [3.63, 3.8) is 0 Å². The van der Waals surface area contributed by atoms with Crippen molar-refractivity contribution in [1.82, 2.24) is 4.90 Å². The van der Waals surface area contributed by atoms with Gasteiger partial charge in [-0.25, -0.2) is 0 Å². The van der Waals surface area contributed by atoms with E-state index >= 15 is 0 Å². The summed E-state index contributed by atoms with van der Waals surface area (Å²) in [6.07, 6.45) is 1.34. The summed E-state index contributed by atoms with van der Waals surface area (Å²) in [6, 6.07) is 0. The summed E-state index contributed by atoms with van der Waals surface area (Å²) in [5, 5.41) is 0. The van der Waals surface area contributed by atoms with E-state index in [9.17, 15) is 4.79 Å². The summed E-state index contributed by atoms with van der Waals surface area (Å²) in [5.41, 5.74) is 0.913. The molecule has 0 saturated carbocycles. The largest absolute Gasteiger partial charge is 0.368 e. The van der Waals surface area contributed by atoms with Gasteiger partial charge in [0.15, 0.2) is 5.78 Å². The maximum absolute atomic E-state index is 11.7. The Morgan fingerprint density at radius 2 is 2.33 bits per heavy atom. The Labute approximate surface area is 92.1 Å². The minimum atomic E-state index is -0.234. The quantitative estimate of drug-likeness (QED) is 0.647. The monoisotopic (exact) mass is 211 g/mol. The molecule has 1 aliphatic rings. The Kier molecular flexibility index (Phi) is 4.99. The summed E-state index contributed by atoms with van der Waals surface area (Å²) < 4.78 is 5.48. The number of carbonyl (C=O) groups excluding carboxylic acids is 1. The molecule has 0 aromatic carbocycles. The molecule has 0 aliphatic carbocycles. The lowest BCUT2D eigenvalue weighted by Gasteiger charge is -2.31. The molecule has 0 bridgehead atoms. The molecule has 1 atom stereocenters. The zero-order valence-corrected chi connectivity index (χ0v) is 9.79. The van der Waals surface area contributed by atoms with Crippen LogP contribution in [0.5, 0.6) is 0 Å². The van der Waals surface area contributed by atoms with Gasteiger partial charge in [0.25, 0.3) is 0 Å². The van der Waals surface area contributed by atoms with Gasteiger partial charge >= 0.3 is 0 Å². The van der Waals surface area contributed by atoms with E-state index < -0.39 is 0 Å². The molecule has 0 spiro atoms. The van der Waals surface area contributed by atoms with Gasteiger partial charge in [-0.1, -0.05) is 19.1 Å². The van der Waals surface area contributed by atoms with Crippen molar-refractivity contribution in [2.75, 3.05) is 26.2 Å². The minimum absolute atomic E-state index is 0.170. The predicted molar refractivity (Wildman–Crippen MR) is 60.9 cm³/mol. The molecule has 3 nitrogen and oxygen atoms in total. The van der Waals surface area contributed by atoms with Crippen LogP contribution in [0.1, 0.15) is 26.7 Å². The normalized spacial score (nSPS) is 22.7. The fraction of sp³-hybridized carbons (Fsp3) is 0.750. The number of rotatable bonds is 5. The molecular formula is C12H21NO2. The second-order valence-corrected chi connectivity index (χ2v) is 4.26. The van der Waals surface area contributed by atoms with E-state index in [2.05, 4.69) is 18.4 Å². The van der Waals surface area contributed by atoms with Crippen LogP contribution in [-0.4, -0.2) is 43.0 Å². The number of morpholine rings is 1. The van der Waals surface area contributed by atoms with E-state index in [1.54, 1.807) is 0 Å². The molecule has 1 fully saturated rings. The van der Waals surface area contributed by atoms with Crippen molar-refractivity contribution in [3.8, 4) is 0 Å². The van der Waals surface area contributed by atoms with Gasteiger partial charge in [-0.3, -0.25) is 9.69 Å². The third-order valence-corrected chi connectivity index (χ3v) is 2.53. The molecule has 1 unspecified atom stereocenters. The van der Waals surface area contributed by atoms with Gasteiger partial charge in [-0.2, -0.15) is 0 Å². The molecule has 0 N–H and O–H groups in total. The van der Waals surface area contributed by atoms with Gasteiger partial charge < -0.3 is 4.74 Å². The fourth-order valence-corrected chi connectivity index (χ4v) is 1.83. The molecule has 1 rings (SSSR count). The zero-order valence-electron chi connectivity index (χ0n) is 9.79. The first-order valence-electron chi connectivity index (χ1n) is 5.64. The van der Waals surface area contributed by atoms with Crippen molar-refractivity contribution in [2.24, 2.45) is 0 Å². The lowest BCUT2D eigenvalue weighted by atomic mass is 10.1. The lowest BCUT2D eigenvalue weighted by Crippen LogP contribution is -2.46. The van der Waals surface area contributed by atoms with Gasteiger partial charge in [0, 0.05) is 19.5 Å². The van der Waals surface area contributed by atoms with E-state index in [1.165, 1.54) is 0 Å². The first-order chi connectivity index (χ1) is 7.13. The SMILES string of the molecule is C=C(C)CC(=O)C1CN(CCC)CCO1. The highest BCUT2D eigenvalue weighted by Crippen LogP contribution is 2.10. The van der Waals surface area contributed by atoms with E-state index in [1.807, 2.05) is 6.92 Å². The van der Waals surface area contributed by atoms with Gasteiger partial charge in [-0.05, 0) is 19.9 Å². The predicted octanol–water partition coefficient (Wildman–Crippen LogP) is 1.63. The van der Waals surface area contributed by atoms with Crippen LogP contribution in [0.15, 0.2) is 12.2 Å². The van der Waals surface area contributed by atoms with E-state index in [4.69, 9.17) is 4.74 Å². The Balaban J connectivity index is 2.41. The number of ketones is 1. The minimum Gasteiger partial charge on any atom is -0.368 e. The Morgan fingerprint density at radius 1 is 1.60 bits per heavy atom. The highest BCUT2D eigenvalue weighted by Gasteiger charge is 2.25. The highest BCUT2D eigenvalue weighted by atomic mass is 16.5. The zero-order chi connectivity index (χ0) is 11.3. The number of allylic oxidation sites excluding steroid dienone is 1. The van der Waals surface area contributed by atoms with Gasteiger partial charge in [0.1, 0.15) is 6.10 Å². The first kappa shape index (κ1) is 12.4. The Hall–Kier alpha value is -0.670. The van der Waals surface area contributed by atoms with Crippen LogP contribution in [0.25, 0.3) is 0 Å². The smallest absolute Gasteiger partial charge is 0.166 e. The molecule has 3 heteroatoms. The van der Waals surface area contributed by atoms with Crippen LogP contribution >= 0.6 is 0 Å². The Bertz CT molecular complexity index is 236. The molecule has 0 aromatic rings. The number of hydrogen-bond acceptors (Lipinski definition) is 3. The molecule has 0 radical (unpaired) electrons. The molecule has 1 heterocycles. The van der Waals surface area contributed by atoms with Crippen LogP contribution in [-0.2, 0) is 9.53 Å². The van der Waals surface area contributed by atoms with Crippen LogP contribution in [0.2, 0.25) is 0 Å². The molecule has 1 aliphatic heterocycles. The summed E-state index contributed by atoms with van der Waals surface area (Å²) in [4.78, 5) is 14.0. The summed E-state index contributed by atoms with van der Waals surface area (Å²) in [5.74, 6) is 0.170. The summed E-state index contributed by atoms with van der Waals surface area (Å²) in [7, 11) is 0. The van der Waals surface area contributed by atoms with Gasteiger partial charge in [0.05, 0.1) is 6.61 Å². The number of Topliss-reactive ketones (excluding diaryl/α,β-unsaturated/α-hetero) is 1. The van der Waals surface area contributed by atoms with Crippen molar-refractivity contribution in [1.29, 1.82) is 0 Å². The van der Waals surface area contributed by atoms with Gasteiger partial charge in [-0.15, -0.1) is 0 Å². The van der Waals surface area contributed by atoms with E-state index in [-0.39, 0.29) is 11.9 Å². The van der Waals surface area contributed by atoms with E-state index in [0.717, 1.165) is 31.6 Å². The topological polar surface area (TPSA) is 29.5 Å². The molecule has 0 amide bonds. The highest BCUT2D eigenvalue weighted by molar-refractivity contribution is 5.85. The third-order valence-electron chi connectivity index (χ3n) is 2.53. The average Bonchev–Trinajstić information content (AvgIpc) is 2.17. The average molecular weight is 211 g/mol. The number of ether oxygens (including phenoxy) is 1. The second-order valence-electron chi connectivity index (χ2n) is 4.26. The fourth-order valence-electron chi connectivity index (χ4n) is 1.83. The standard InChI is InChI=1S/C12H21NO2/c1-4-5-13-6-7-15-12(9-13)11(14)8-10(2)3/h12H,2,4-9H2,1,3H3. The van der Waals surface area contributed by atoms with Crippen molar-refractivity contribution < 1.29 is 9.53 Å². The number of carbonyl (C=O) groups is 1. The van der Waals surface area contributed by atoms with Crippen LogP contribution < -0.4 is 0 Å². The third kappa shape index (κ3) is 4.14. The van der Waals surface area contributed by atoms with Gasteiger partial charge in [0.2, 0.25) is 0 Å². The van der Waals surface area contributed by atoms with Crippen LogP contribution in [0, 0.1) is 0 Å². The number of nitrogens with zero attached hydrogens (tertiary/aromatic N) is 1. The number of hydrogen-bond donors (Lipinski definition) is 0. The van der Waals surface area contributed by atoms with Crippen molar-refractivity contribution >= 4 is 5.78 Å². The van der Waals surface area contributed by atoms with E-state index in [0.29, 0.717) is 13.0 Å². The Morgan fingerprint density at radius 3 is 2.93 bits per heavy atom. The summed E-state index contributed by atoms with van der Waals surface area (Å²) in [6.45, 7) is 11.2. The maximum atomic E-state index is 11.7. The molecule has 86 valence electrons. The summed E-state index contributed by atoms with van der Waals surface area (Å²) >= 11 is 0. The first-order valence-corrected chi connectivity index (χ1v) is 5.64. The molecule has 15 heavy (non-hydrogen) atoms.